The highest BCUT2D eigenvalue weighted by molar-refractivity contribution is 6.05. The summed E-state index contributed by atoms with van der Waals surface area (Å²) in [5, 5.41) is 2.17. The molecule has 6 nitrogen and oxygen atoms in total. The fourth-order valence-corrected chi connectivity index (χ4v) is 2.26. The van der Waals surface area contributed by atoms with Crippen LogP contribution >= 0.6 is 0 Å². The van der Waals surface area contributed by atoms with Crippen molar-refractivity contribution < 1.29 is 14.3 Å². The maximum Gasteiger partial charge on any atom is 0.280 e. The van der Waals surface area contributed by atoms with Gasteiger partial charge in [-0.2, -0.15) is 0 Å². The molecule has 25 heavy (non-hydrogen) atoms. The van der Waals surface area contributed by atoms with E-state index in [-0.39, 0.29) is 12.2 Å². The summed E-state index contributed by atoms with van der Waals surface area (Å²) in [5.74, 6) is -0.870. The van der Waals surface area contributed by atoms with Gasteiger partial charge in [0.25, 0.3) is 5.91 Å². The summed E-state index contributed by atoms with van der Waals surface area (Å²) in [4.78, 5) is 27.3. The third-order valence-corrected chi connectivity index (χ3v) is 3.66. The van der Waals surface area contributed by atoms with Gasteiger partial charge in [0.05, 0.1) is 6.54 Å². The number of carbonyl (C=O) groups excluding carboxylic acids is 2. The van der Waals surface area contributed by atoms with E-state index < -0.39 is 11.8 Å². The highest BCUT2D eigenvalue weighted by Gasteiger charge is 2.16. The number of aromatic nitrogens is 1. The van der Waals surface area contributed by atoms with Crippen LogP contribution in [0.1, 0.15) is 41.4 Å². The number of unbranched alkanes of at least 4 members (excludes halogenated alkanes) is 1. The smallest absolute Gasteiger partial charge is 0.280 e. The van der Waals surface area contributed by atoms with Gasteiger partial charge in [-0.25, -0.2) is 4.98 Å². The predicted octanol–water partition coefficient (Wildman–Crippen LogP) is 2.22. The number of benzene rings is 1. The minimum absolute atomic E-state index is 0.0591. The lowest BCUT2D eigenvalue weighted by atomic mass is 10.1. The van der Waals surface area contributed by atoms with E-state index in [4.69, 9.17) is 10.5 Å². The summed E-state index contributed by atoms with van der Waals surface area (Å²) < 4.78 is 5.71. The predicted molar refractivity (Wildman–Crippen MR) is 95.2 cm³/mol. The van der Waals surface area contributed by atoms with Crippen LogP contribution in [-0.2, 0) is 17.8 Å². The summed E-state index contributed by atoms with van der Waals surface area (Å²) >= 11 is 0. The zero-order valence-corrected chi connectivity index (χ0v) is 14.3. The lowest BCUT2D eigenvalue weighted by molar-refractivity contribution is -0.118. The van der Waals surface area contributed by atoms with Crippen LogP contribution in [0.25, 0.3) is 0 Å². The van der Waals surface area contributed by atoms with Crippen LogP contribution in [0.4, 0.5) is 0 Å². The third-order valence-electron chi connectivity index (χ3n) is 3.66. The molecule has 1 heterocycles. The Kier molecular flexibility index (Phi) is 7.10. The molecule has 0 saturated carbocycles. The molecule has 0 radical (unpaired) electrons. The SMILES string of the molecule is CCCCc1ccc(COc2cccnc2C(=O)NC(=O)CN)cc1. The van der Waals surface area contributed by atoms with E-state index in [9.17, 15) is 9.59 Å². The molecule has 1 aromatic heterocycles. The van der Waals surface area contributed by atoms with E-state index in [1.807, 2.05) is 12.1 Å². The maximum absolute atomic E-state index is 12.1. The Labute approximate surface area is 147 Å². The topological polar surface area (TPSA) is 94.3 Å². The summed E-state index contributed by atoms with van der Waals surface area (Å²) in [7, 11) is 0. The Balaban J connectivity index is 2.01. The van der Waals surface area contributed by atoms with Crippen LogP contribution in [0.5, 0.6) is 5.75 Å². The third kappa shape index (κ3) is 5.69. The Morgan fingerprint density at radius 2 is 1.88 bits per heavy atom. The lowest BCUT2D eigenvalue weighted by Gasteiger charge is -2.10. The van der Waals surface area contributed by atoms with E-state index in [2.05, 4.69) is 29.4 Å². The van der Waals surface area contributed by atoms with Crippen molar-refractivity contribution in [1.82, 2.24) is 10.3 Å². The number of hydrogen-bond acceptors (Lipinski definition) is 5. The van der Waals surface area contributed by atoms with Crippen LogP contribution in [0.3, 0.4) is 0 Å². The molecule has 0 unspecified atom stereocenters. The molecule has 0 atom stereocenters. The molecule has 0 bridgehead atoms. The quantitative estimate of drug-likeness (QED) is 0.768. The number of ether oxygens (including phenoxy) is 1. The summed E-state index contributed by atoms with van der Waals surface area (Å²) in [6, 6.07) is 11.5. The Bertz CT molecular complexity index is 714. The highest BCUT2D eigenvalue weighted by atomic mass is 16.5. The second kappa shape index (κ2) is 9.54. The molecule has 0 spiro atoms. The van der Waals surface area contributed by atoms with Gasteiger partial charge in [0.15, 0.2) is 11.4 Å². The van der Waals surface area contributed by atoms with Crippen LogP contribution in [0.2, 0.25) is 0 Å². The fraction of sp³-hybridized carbons (Fsp3) is 0.316. The van der Waals surface area contributed by atoms with E-state index >= 15 is 0 Å². The van der Waals surface area contributed by atoms with Crippen molar-refractivity contribution in [3.8, 4) is 5.75 Å². The van der Waals surface area contributed by atoms with Crippen molar-refractivity contribution in [3.05, 3.63) is 59.4 Å². The van der Waals surface area contributed by atoms with Gasteiger partial charge in [0, 0.05) is 6.20 Å². The van der Waals surface area contributed by atoms with E-state index in [1.165, 1.54) is 24.6 Å². The first-order valence-electron chi connectivity index (χ1n) is 8.34. The van der Waals surface area contributed by atoms with Gasteiger partial charge in [-0.3, -0.25) is 14.9 Å². The molecule has 3 N–H and O–H groups in total. The molecule has 0 aliphatic carbocycles. The van der Waals surface area contributed by atoms with Gasteiger partial charge in [-0.1, -0.05) is 37.6 Å². The van der Waals surface area contributed by atoms with Crippen LogP contribution in [0, 0.1) is 0 Å². The molecule has 6 heteroatoms. The molecule has 0 fully saturated rings. The van der Waals surface area contributed by atoms with Crippen molar-refractivity contribution in [2.75, 3.05) is 6.54 Å². The molecule has 2 aromatic rings. The van der Waals surface area contributed by atoms with Gasteiger partial charge in [0.1, 0.15) is 6.61 Å². The summed E-state index contributed by atoms with van der Waals surface area (Å²) in [6.07, 6.45) is 4.88. The molecule has 2 amide bonds. The number of pyridine rings is 1. The number of nitrogens with zero attached hydrogens (tertiary/aromatic N) is 1. The standard InChI is InChI=1S/C19H23N3O3/c1-2-3-5-14-7-9-15(10-8-14)13-25-16-6-4-11-21-18(16)19(24)22-17(23)12-20/h4,6-11H,2-3,5,12-13,20H2,1H3,(H,22,23,24). The summed E-state index contributed by atoms with van der Waals surface area (Å²) in [6.45, 7) is 2.22. The number of carbonyl (C=O) groups is 2. The normalized spacial score (nSPS) is 10.3. The van der Waals surface area contributed by atoms with Crippen LogP contribution in [-0.4, -0.2) is 23.3 Å². The molecule has 132 valence electrons. The second-order valence-corrected chi connectivity index (χ2v) is 5.64. The molecule has 2 rings (SSSR count). The van der Waals surface area contributed by atoms with Gasteiger partial charge in [0.2, 0.25) is 5.91 Å². The number of hydrogen-bond donors (Lipinski definition) is 2. The van der Waals surface area contributed by atoms with E-state index in [1.54, 1.807) is 12.1 Å². The minimum Gasteiger partial charge on any atom is -0.486 e. The van der Waals surface area contributed by atoms with Crippen molar-refractivity contribution in [1.29, 1.82) is 0 Å². The number of amides is 2. The maximum atomic E-state index is 12.1. The van der Waals surface area contributed by atoms with Gasteiger partial charge in [-0.15, -0.1) is 0 Å². The average molecular weight is 341 g/mol. The largest absolute Gasteiger partial charge is 0.486 e. The van der Waals surface area contributed by atoms with Crippen molar-refractivity contribution >= 4 is 11.8 Å². The zero-order chi connectivity index (χ0) is 18.1. The van der Waals surface area contributed by atoms with Crippen LogP contribution < -0.4 is 15.8 Å². The van der Waals surface area contributed by atoms with Crippen molar-refractivity contribution in [3.63, 3.8) is 0 Å². The molecule has 0 aliphatic rings. The second-order valence-electron chi connectivity index (χ2n) is 5.64. The molecular formula is C19H23N3O3. The lowest BCUT2D eigenvalue weighted by Crippen LogP contribution is -2.36. The Hall–Kier alpha value is -2.73. The highest BCUT2D eigenvalue weighted by Crippen LogP contribution is 2.17. The molecular weight excluding hydrogens is 318 g/mol. The number of aryl methyl sites for hydroxylation is 1. The zero-order valence-electron chi connectivity index (χ0n) is 14.3. The van der Waals surface area contributed by atoms with E-state index in [0.29, 0.717) is 12.4 Å². The minimum atomic E-state index is -0.624. The fourth-order valence-electron chi connectivity index (χ4n) is 2.26. The number of nitrogens with one attached hydrogen (secondary N) is 1. The molecule has 1 aromatic carbocycles. The van der Waals surface area contributed by atoms with Gasteiger partial charge >= 0.3 is 0 Å². The van der Waals surface area contributed by atoms with Crippen molar-refractivity contribution in [2.24, 2.45) is 5.73 Å². The molecule has 0 aliphatic heterocycles. The monoisotopic (exact) mass is 341 g/mol. The summed E-state index contributed by atoms with van der Waals surface area (Å²) in [5.41, 5.74) is 7.55. The number of nitrogens with two attached hydrogens (primary N) is 1. The molecule has 0 saturated heterocycles. The van der Waals surface area contributed by atoms with Gasteiger partial charge in [-0.05, 0) is 36.1 Å². The number of imide groups is 1. The van der Waals surface area contributed by atoms with Crippen LogP contribution in [0.15, 0.2) is 42.6 Å². The Morgan fingerprint density at radius 1 is 1.16 bits per heavy atom. The first kappa shape index (κ1) is 18.6. The van der Waals surface area contributed by atoms with E-state index in [0.717, 1.165) is 12.0 Å². The first-order valence-corrected chi connectivity index (χ1v) is 8.34. The average Bonchev–Trinajstić information content (AvgIpc) is 2.65. The number of rotatable bonds is 8. The van der Waals surface area contributed by atoms with Gasteiger partial charge < -0.3 is 10.5 Å². The Morgan fingerprint density at radius 3 is 2.56 bits per heavy atom. The first-order chi connectivity index (χ1) is 12.1. The van der Waals surface area contributed by atoms with Crippen molar-refractivity contribution in [2.45, 2.75) is 32.8 Å².